The van der Waals surface area contributed by atoms with Crippen LogP contribution in [0.5, 0.6) is 17.2 Å². The summed E-state index contributed by atoms with van der Waals surface area (Å²) in [6.07, 6.45) is 2.73. The molecule has 0 radical (unpaired) electrons. The normalized spacial score (nSPS) is 13.7. The van der Waals surface area contributed by atoms with Crippen LogP contribution < -0.4 is 14.2 Å². The summed E-state index contributed by atoms with van der Waals surface area (Å²) in [5.41, 5.74) is 3.38. The van der Waals surface area contributed by atoms with Crippen molar-refractivity contribution in [2.75, 3.05) is 27.4 Å². The Kier molecular flexibility index (Phi) is 5.20. The van der Waals surface area contributed by atoms with Gasteiger partial charge >= 0.3 is 0 Å². The molecule has 128 valence electrons. The van der Waals surface area contributed by atoms with Crippen LogP contribution in [-0.4, -0.2) is 37.3 Å². The molecule has 0 spiro atoms. The Morgan fingerprint density at radius 2 is 1.92 bits per heavy atom. The first kappa shape index (κ1) is 16.6. The third-order valence-corrected chi connectivity index (χ3v) is 4.13. The van der Waals surface area contributed by atoms with E-state index in [2.05, 4.69) is 29.9 Å². The van der Waals surface area contributed by atoms with E-state index in [1.807, 2.05) is 24.4 Å². The summed E-state index contributed by atoms with van der Waals surface area (Å²) < 4.78 is 17.1. The number of pyridine rings is 1. The number of nitrogens with zero attached hydrogens (tertiary/aromatic N) is 2. The summed E-state index contributed by atoms with van der Waals surface area (Å²) in [6, 6.07) is 8.01. The van der Waals surface area contributed by atoms with Crippen LogP contribution in [0.3, 0.4) is 0 Å². The van der Waals surface area contributed by atoms with E-state index >= 15 is 0 Å². The highest BCUT2D eigenvalue weighted by molar-refractivity contribution is 5.51. The predicted octanol–water partition coefficient (Wildman–Crippen LogP) is 3.19. The molecule has 0 bridgehead atoms. The van der Waals surface area contributed by atoms with Gasteiger partial charge in [0.25, 0.3) is 0 Å². The van der Waals surface area contributed by atoms with Crippen LogP contribution in [-0.2, 0) is 13.1 Å². The van der Waals surface area contributed by atoms with Crippen molar-refractivity contribution in [3.8, 4) is 17.2 Å². The van der Waals surface area contributed by atoms with Crippen molar-refractivity contribution in [2.45, 2.75) is 26.4 Å². The van der Waals surface area contributed by atoms with Gasteiger partial charge in [-0.1, -0.05) is 6.07 Å². The summed E-state index contributed by atoms with van der Waals surface area (Å²) in [7, 11) is 3.77. The Morgan fingerprint density at radius 3 is 2.62 bits per heavy atom. The van der Waals surface area contributed by atoms with Crippen molar-refractivity contribution in [3.63, 3.8) is 0 Å². The first-order valence-corrected chi connectivity index (χ1v) is 8.23. The van der Waals surface area contributed by atoms with Crippen molar-refractivity contribution in [1.29, 1.82) is 0 Å². The molecule has 5 nitrogen and oxygen atoms in total. The zero-order chi connectivity index (χ0) is 16.9. The highest BCUT2D eigenvalue weighted by Gasteiger charge is 2.17. The zero-order valence-corrected chi connectivity index (χ0v) is 14.5. The molecule has 5 heteroatoms. The first-order chi connectivity index (χ1) is 11.7. The van der Waals surface area contributed by atoms with E-state index in [1.54, 1.807) is 7.11 Å². The lowest BCUT2D eigenvalue weighted by atomic mass is 10.1. The minimum absolute atomic E-state index is 0.675. The Labute approximate surface area is 143 Å². The van der Waals surface area contributed by atoms with E-state index in [0.717, 1.165) is 48.0 Å². The molecule has 24 heavy (non-hydrogen) atoms. The standard InChI is InChI=1S/C19H24N2O3/c1-14-6-4-7-20-16(14)13-21(2)12-15-10-18-19(11-17(15)22-3)24-9-5-8-23-18/h4,6-7,10-11H,5,8-9,12-13H2,1-3H3. The van der Waals surface area contributed by atoms with E-state index in [4.69, 9.17) is 14.2 Å². The molecule has 0 unspecified atom stereocenters. The van der Waals surface area contributed by atoms with Crippen LogP contribution in [0.4, 0.5) is 0 Å². The fourth-order valence-electron chi connectivity index (χ4n) is 2.83. The number of methoxy groups -OCH3 is 1. The van der Waals surface area contributed by atoms with Gasteiger partial charge in [0, 0.05) is 37.3 Å². The van der Waals surface area contributed by atoms with Crippen LogP contribution >= 0.6 is 0 Å². The van der Waals surface area contributed by atoms with E-state index in [9.17, 15) is 0 Å². The van der Waals surface area contributed by atoms with Crippen LogP contribution in [0.1, 0.15) is 23.2 Å². The number of aryl methyl sites for hydroxylation is 1. The molecule has 0 aliphatic carbocycles. The molecule has 1 aliphatic heterocycles. The number of fused-ring (bicyclic) bond motifs is 1. The summed E-state index contributed by atoms with van der Waals surface area (Å²) in [5, 5.41) is 0. The molecule has 0 fully saturated rings. The number of hydrogen-bond acceptors (Lipinski definition) is 5. The third kappa shape index (κ3) is 3.79. The molecule has 0 saturated carbocycles. The van der Waals surface area contributed by atoms with E-state index in [1.165, 1.54) is 5.56 Å². The Hall–Kier alpha value is -2.27. The molecule has 0 N–H and O–H groups in total. The van der Waals surface area contributed by atoms with Gasteiger partial charge in [-0.15, -0.1) is 0 Å². The van der Waals surface area contributed by atoms with Gasteiger partial charge in [0.05, 0.1) is 26.0 Å². The molecule has 2 heterocycles. The third-order valence-electron chi connectivity index (χ3n) is 4.13. The largest absolute Gasteiger partial charge is 0.496 e. The number of rotatable bonds is 5. The second-order valence-corrected chi connectivity index (χ2v) is 6.10. The second-order valence-electron chi connectivity index (χ2n) is 6.10. The van der Waals surface area contributed by atoms with Gasteiger partial charge in [-0.2, -0.15) is 0 Å². The minimum atomic E-state index is 0.675. The topological polar surface area (TPSA) is 43.8 Å². The lowest BCUT2D eigenvalue weighted by molar-refractivity contribution is 0.296. The number of aromatic nitrogens is 1. The molecule has 2 aromatic rings. The summed E-state index contributed by atoms with van der Waals surface area (Å²) in [6.45, 7) is 4.97. The number of hydrogen-bond donors (Lipinski definition) is 0. The quantitative estimate of drug-likeness (QED) is 0.843. The van der Waals surface area contributed by atoms with Crippen molar-refractivity contribution in [3.05, 3.63) is 47.3 Å². The molecule has 0 atom stereocenters. The molecule has 1 aliphatic rings. The van der Waals surface area contributed by atoms with Gasteiger partial charge in [0.2, 0.25) is 0 Å². The highest BCUT2D eigenvalue weighted by Crippen LogP contribution is 2.36. The lowest BCUT2D eigenvalue weighted by Crippen LogP contribution is -2.19. The lowest BCUT2D eigenvalue weighted by Gasteiger charge is -2.20. The van der Waals surface area contributed by atoms with Crippen molar-refractivity contribution >= 4 is 0 Å². The highest BCUT2D eigenvalue weighted by atomic mass is 16.5. The SMILES string of the molecule is COc1cc2c(cc1CN(C)Cc1ncccc1C)OCCCO2. The van der Waals surface area contributed by atoms with Gasteiger partial charge in [-0.25, -0.2) is 0 Å². The second kappa shape index (κ2) is 7.53. The van der Waals surface area contributed by atoms with Gasteiger partial charge in [0.15, 0.2) is 11.5 Å². The molecule has 1 aromatic heterocycles. The van der Waals surface area contributed by atoms with E-state index in [0.29, 0.717) is 13.2 Å². The monoisotopic (exact) mass is 328 g/mol. The average molecular weight is 328 g/mol. The van der Waals surface area contributed by atoms with Gasteiger partial charge < -0.3 is 14.2 Å². The van der Waals surface area contributed by atoms with Crippen LogP contribution in [0, 0.1) is 6.92 Å². The Bertz CT molecular complexity index is 703. The minimum Gasteiger partial charge on any atom is -0.496 e. The van der Waals surface area contributed by atoms with Crippen LogP contribution in [0.15, 0.2) is 30.5 Å². The fourth-order valence-corrected chi connectivity index (χ4v) is 2.83. The average Bonchev–Trinajstić information content (AvgIpc) is 2.81. The molecular weight excluding hydrogens is 304 g/mol. The fraction of sp³-hybridized carbons (Fsp3) is 0.421. The van der Waals surface area contributed by atoms with E-state index < -0.39 is 0 Å². The molecule has 1 aromatic carbocycles. The van der Waals surface area contributed by atoms with Crippen molar-refractivity contribution in [1.82, 2.24) is 9.88 Å². The summed E-state index contributed by atoms with van der Waals surface area (Å²) in [5.74, 6) is 2.38. The van der Waals surface area contributed by atoms with Crippen molar-refractivity contribution < 1.29 is 14.2 Å². The smallest absolute Gasteiger partial charge is 0.164 e. The summed E-state index contributed by atoms with van der Waals surface area (Å²) in [4.78, 5) is 6.69. The predicted molar refractivity (Wildman–Crippen MR) is 92.7 cm³/mol. The van der Waals surface area contributed by atoms with Crippen LogP contribution in [0.2, 0.25) is 0 Å². The van der Waals surface area contributed by atoms with Crippen molar-refractivity contribution in [2.24, 2.45) is 0 Å². The summed E-state index contributed by atoms with van der Waals surface area (Å²) >= 11 is 0. The molecule has 3 rings (SSSR count). The molecular formula is C19H24N2O3. The Balaban J connectivity index is 1.78. The first-order valence-electron chi connectivity index (χ1n) is 8.23. The van der Waals surface area contributed by atoms with Gasteiger partial charge in [-0.05, 0) is 31.7 Å². The van der Waals surface area contributed by atoms with Gasteiger partial charge in [-0.3, -0.25) is 9.88 Å². The van der Waals surface area contributed by atoms with Crippen LogP contribution in [0.25, 0.3) is 0 Å². The maximum Gasteiger partial charge on any atom is 0.164 e. The Morgan fingerprint density at radius 1 is 1.17 bits per heavy atom. The van der Waals surface area contributed by atoms with Gasteiger partial charge in [0.1, 0.15) is 5.75 Å². The molecule has 0 amide bonds. The maximum absolute atomic E-state index is 5.80. The molecule has 0 saturated heterocycles. The number of benzene rings is 1. The maximum atomic E-state index is 5.80. The zero-order valence-electron chi connectivity index (χ0n) is 14.5. The van der Waals surface area contributed by atoms with E-state index in [-0.39, 0.29) is 0 Å². The number of ether oxygens (including phenoxy) is 3.